The molecule has 6 bridgehead atoms. The zero-order chi connectivity index (χ0) is 38.0. The van der Waals surface area contributed by atoms with Gasteiger partial charge in [-0.3, -0.25) is 14.4 Å². The van der Waals surface area contributed by atoms with Gasteiger partial charge in [0, 0.05) is 6.42 Å². The van der Waals surface area contributed by atoms with Crippen LogP contribution >= 0.6 is 0 Å². The van der Waals surface area contributed by atoms with Crippen molar-refractivity contribution < 1.29 is 42.9 Å². The van der Waals surface area contributed by atoms with Crippen molar-refractivity contribution >= 4 is 23.9 Å². The van der Waals surface area contributed by atoms with Crippen molar-refractivity contribution in [2.45, 2.75) is 178 Å². The summed E-state index contributed by atoms with van der Waals surface area (Å²) in [5.41, 5.74) is -1.23. The van der Waals surface area contributed by atoms with Gasteiger partial charge in [0.05, 0.1) is 29.0 Å². The Labute approximate surface area is 321 Å². The Morgan fingerprint density at radius 2 is 1.17 bits per heavy atom. The van der Waals surface area contributed by atoms with Crippen molar-refractivity contribution in [3.8, 4) is 0 Å². The normalized spacial score (nSPS) is 34.8. The molecule has 9 heteroatoms. The summed E-state index contributed by atoms with van der Waals surface area (Å²) >= 11 is 0. The first-order valence-corrected chi connectivity index (χ1v) is 20.9. The molecule has 8 rings (SSSR count). The van der Waals surface area contributed by atoms with Gasteiger partial charge in [0.25, 0.3) is 0 Å². The molecule has 8 aliphatic rings. The highest BCUT2D eigenvalue weighted by Gasteiger charge is 2.55. The first-order valence-electron chi connectivity index (χ1n) is 20.9. The molecule has 0 aromatic carbocycles. The third-order valence-corrected chi connectivity index (χ3v) is 14.7. The number of rotatable bonds is 11. The Kier molecular flexibility index (Phi) is 14.6. The molecule has 0 amide bonds. The molecule has 0 aromatic rings. The highest BCUT2D eigenvalue weighted by molar-refractivity contribution is 5.82. The predicted octanol–water partition coefficient (Wildman–Crippen LogP) is 9.47. The molecular formula is C44H74O9. The van der Waals surface area contributed by atoms with Crippen LogP contribution in [-0.2, 0) is 42.9 Å². The molecule has 6 atom stereocenters. The van der Waals surface area contributed by atoms with Crippen molar-refractivity contribution in [2.75, 3.05) is 13.4 Å². The summed E-state index contributed by atoms with van der Waals surface area (Å²) in [5.74, 6) is 5.92. The summed E-state index contributed by atoms with van der Waals surface area (Å²) in [7, 11) is 0. The number of carbonyl (C=O) groups excluding carboxylic acids is 4. The van der Waals surface area contributed by atoms with Crippen LogP contribution in [0, 0.1) is 63.6 Å². The molecule has 0 aromatic heterocycles. The summed E-state index contributed by atoms with van der Waals surface area (Å²) < 4.78 is 27.0. The Balaban J connectivity index is 0.000000179. The van der Waals surface area contributed by atoms with Crippen LogP contribution < -0.4 is 0 Å². The average Bonchev–Trinajstić information content (AvgIpc) is 3.91. The summed E-state index contributed by atoms with van der Waals surface area (Å²) in [6.07, 6.45) is 16.3. The number of carbonyl (C=O) groups is 4. The van der Waals surface area contributed by atoms with Crippen LogP contribution in [0.2, 0.25) is 0 Å². The minimum Gasteiger partial charge on any atom is -0.463 e. The third-order valence-electron chi connectivity index (χ3n) is 14.7. The molecule has 9 nitrogen and oxygen atoms in total. The van der Waals surface area contributed by atoms with Crippen molar-refractivity contribution in [3.63, 3.8) is 0 Å². The summed E-state index contributed by atoms with van der Waals surface area (Å²) in [4.78, 5) is 46.7. The van der Waals surface area contributed by atoms with Gasteiger partial charge in [-0.2, -0.15) is 0 Å². The lowest BCUT2D eigenvalue weighted by Crippen LogP contribution is -2.49. The van der Waals surface area contributed by atoms with E-state index in [-0.39, 0.29) is 43.6 Å². The van der Waals surface area contributed by atoms with Crippen LogP contribution in [-0.4, -0.2) is 55.6 Å². The standard InChI is InChI=1S/C17H28O3.C16H26O2.C10H16O4.CH4/c1-4-17(2,3)16(18)20-10-19-15-13-6-11-5-12(8-13)9-14(15)7-11;1-4-16(2,3)15(17)18-14-9-10-8-13(14)12-7-5-6-11(10)12;1-4-10(2,3)9(12)14-7-5-6-13-8(7)11;/h11-15H,4-10H2,1-3H3;10-14H,4-9H2,1-3H3;7H,4-6H2,1-3H3;1H4. The molecule has 0 radical (unpaired) electrons. The second kappa shape index (κ2) is 17.7. The van der Waals surface area contributed by atoms with E-state index >= 15 is 0 Å². The Morgan fingerprint density at radius 1 is 0.642 bits per heavy atom. The van der Waals surface area contributed by atoms with E-state index in [1.807, 2.05) is 41.5 Å². The van der Waals surface area contributed by atoms with Gasteiger partial charge < -0.3 is 23.7 Å². The van der Waals surface area contributed by atoms with Crippen LogP contribution in [0.4, 0.5) is 0 Å². The van der Waals surface area contributed by atoms with E-state index in [4.69, 9.17) is 23.7 Å². The molecule has 7 saturated carbocycles. The van der Waals surface area contributed by atoms with Crippen LogP contribution in [0.5, 0.6) is 0 Å². The summed E-state index contributed by atoms with van der Waals surface area (Å²) in [5, 5.41) is 0. The van der Waals surface area contributed by atoms with Gasteiger partial charge in [0.15, 0.2) is 6.79 Å². The quantitative estimate of drug-likeness (QED) is 0.116. The van der Waals surface area contributed by atoms with Crippen molar-refractivity contribution in [1.82, 2.24) is 0 Å². The Morgan fingerprint density at radius 3 is 1.70 bits per heavy atom. The molecule has 7 aliphatic carbocycles. The zero-order valence-electron chi connectivity index (χ0n) is 33.8. The lowest BCUT2D eigenvalue weighted by molar-refractivity contribution is -0.193. The number of ether oxygens (including phenoxy) is 5. The van der Waals surface area contributed by atoms with Crippen molar-refractivity contribution in [1.29, 1.82) is 0 Å². The first-order chi connectivity index (χ1) is 24.5. The van der Waals surface area contributed by atoms with Gasteiger partial charge in [0.1, 0.15) is 6.10 Å². The van der Waals surface area contributed by atoms with Gasteiger partial charge in [-0.1, -0.05) is 34.6 Å². The highest BCUT2D eigenvalue weighted by atomic mass is 16.7. The topological polar surface area (TPSA) is 114 Å². The van der Waals surface area contributed by atoms with Gasteiger partial charge >= 0.3 is 23.9 Å². The summed E-state index contributed by atoms with van der Waals surface area (Å²) in [6, 6.07) is 0. The lowest BCUT2D eigenvalue weighted by atomic mass is 9.55. The SMILES string of the molecule is C.CCC(C)(C)C(=O)OC1CC2CC1C1CCCC21.CCC(C)(C)C(=O)OC1CCOC1=O.CCC(C)(C)C(=O)OCOC1C2CC3CC(C2)CC1C3. The second-order valence-corrected chi connectivity index (χ2v) is 19.3. The maximum Gasteiger partial charge on any atom is 0.347 e. The minimum absolute atomic E-state index is 0. The van der Waals surface area contributed by atoms with E-state index in [0.29, 0.717) is 31.5 Å². The fourth-order valence-electron chi connectivity index (χ4n) is 10.3. The number of fused-ring (bicyclic) bond motifs is 5. The van der Waals surface area contributed by atoms with E-state index < -0.39 is 22.9 Å². The van der Waals surface area contributed by atoms with E-state index in [9.17, 15) is 19.2 Å². The molecule has 1 saturated heterocycles. The van der Waals surface area contributed by atoms with Crippen LogP contribution in [0.1, 0.15) is 160 Å². The molecule has 1 aliphatic heterocycles. The second-order valence-electron chi connectivity index (χ2n) is 19.3. The average molecular weight is 747 g/mol. The third kappa shape index (κ3) is 9.99. The van der Waals surface area contributed by atoms with E-state index in [1.54, 1.807) is 13.8 Å². The van der Waals surface area contributed by atoms with E-state index in [2.05, 4.69) is 6.92 Å². The van der Waals surface area contributed by atoms with Gasteiger partial charge in [0.2, 0.25) is 6.10 Å². The van der Waals surface area contributed by atoms with Crippen LogP contribution in [0.25, 0.3) is 0 Å². The smallest absolute Gasteiger partial charge is 0.347 e. The van der Waals surface area contributed by atoms with Crippen molar-refractivity contribution in [3.05, 3.63) is 0 Å². The number of esters is 4. The first kappa shape index (κ1) is 43.6. The largest absolute Gasteiger partial charge is 0.463 e. The van der Waals surface area contributed by atoms with Crippen LogP contribution in [0.15, 0.2) is 0 Å². The van der Waals surface area contributed by atoms with Gasteiger partial charge in [-0.05, 0) is 166 Å². The lowest BCUT2D eigenvalue weighted by Gasteiger charge is -2.53. The molecule has 304 valence electrons. The monoisotopic (exact) mass is 747 g/mol. The molecule has 0 N–H and O–H groups in total. The predicted molar refractivity (Wildman–Crippen MR) is 204 cm³/mol. The summed E-state index contributed by atoms with van der Waals surface area (Å²) in [6.45, 7) is 17.9. The molecule has 0 spiro atoms. The molecule has 53 heavy (non-hydrogen) atoms. The molecule has 1 heterocycles. The van der Waals surface area contributed by atoms with Gasteiger partial charge in [-0.15, -0.1) is 0 Å². The van der Waals surface area contributed by atoms with E-state index in [0.717, 1.165) is 60.7 Å². The number of hydrogen-bond acceptors (Lipinski definition) is 9. The fourth-order valence-corrected chi connectivity index (χ4v) is 10.3. The van der Waals surface area contributed by atoms with Crippen molar-refractivity contribution in [2.24, 2.45) is 63.6 Å². The zero-order valence-corrected chi connectivity index (χ0v) is 33.8. The molecule has 6 unspecified atom stereocenters. The minimum atomic E-state index is -0.687. The molecular weight excluding hydrogens is 672 g/mol. The van der Waals surface area contributed by atoms with Crippen LogP contribution in [0.3, 0.4) is 0 Å². The molecule has 8 fully saturated rings. The highest BCUT2D eigenvalue weighted by Crippen LogP contribution is 2.59. The fraction of sp³-hybridized carbons (Fsp3) is 0.909. The Hall–Kier alpha value is -2.16. The maximum atomic E-state index is 12.2. The maximum absolute atomic E-state index is 12.2. The number of hydrogen-bond donors (Lipinski definition) is 0. The number of cyclic esters (lactones) is 1. The van der Waals surface area contributed by atoms with Gasteiger partial charge in [-0.25, -0.2) is 4.79 Å². The van der Waals surface area contributed by atoms with E-state index in [1.165, 1.54) is 57.8 Å². The Bertz CT molecular complexity index is 1240.